The summed E-state index contributed by atoms with van der Waals surface area (Å²) in [5, 5.41) is 2.51. The van der Waals surface area contributed by atoms with Crippen molar-refractivity contribution >= 4 is 27.5 Å². The molecular formula is C33H36F2N6O. The molecule has 218 valence electrons. The first-order valence-electron chi connectivity index (χ1n) is 15.5. The van der Waals surface area contributed by atoms with Crippen molar-refractivity contribution in [2.24, 2.45) is 11.8 Å². The van der Waals surface area contributed by atoms with Gasteiger partial charge in [-0.3, -0.25) is 14.9 Å². The highest BCUT2D eigenvalue weighted by Crippen LogP contribution is 2.43. The second-order valence-electron chi connectivity index (χ2n) is 12.9. The first-order valence-corrected chi connectivity index (χ1v) is 15.5. The molecule has 4 aliphatic rings. The smallest absolute Gasteiger partial charge is 0.319 e. The third-order valence-corrected chi connectivity index (χ3v) is 10.3. The van der Waals surface area contributed by atoms with E-state index in [1.165, 1.54) is 19.3 Å². The van der Waals surface area contributed by atoms with E-state index in [9.17, 15) is 4.39 Å². The van der Waals surface area contributed by atoms with Crippen molar-refractivity contribution in [2.45, 2.75) is 63.6 Å². The summed E-state index contributed by atoms with van der Waals surface area (Å²) >= 11 is 0. The van der Waals surface area contributed by atoms with Gasteiger partial charge in [0, 0.05) is 55.6 Å². The van der Waals surface area contributed by atoms with E-state index in [4.69, 9.17) is 14.7 Å². The van der Waals surface area contributed by atoms with Gasteiger partial charge in [0.2, 0.25) is 0 Å². The van der Waals surface area contributed by atoms with Crippen LogP contribution in [0.2, 0.25) is 0 Å². The Bertz CT molecular complexity index is 1660. The Kier molecular flexibility index (Phi) is 6.28. The lowest BCUT2D eigenvalue weighted by atomic mass is 9.95. The Balaban J connectivity index is 1.25. The molecule has 0 spiro atoms. The van der Waals surface area contributed by atoms with Crippen molar-refractivity contribution < 1.29 is 13.5 Å². The van der Waals surface area contributed by atoms with E-state index in [1.807, 2.05) is 18.3 Å². The summed E-state index contributed by atoms with van der Waals surface area (Å²) in [5.74, 6) is 1.43. The molecule has 9 heteroatoms. The Hall–Kier alpha value is -3.46. The summed E-state index contributed by atoms with van der Waals surface area (Å²) in [5.41, 5.74) is 1.87. The van der Waals surface area contributed by atoms with E-state index in [2.05, 4.69) is 32.8 Å². The lowest BCUT2D eigenvalue weighted by molar-refractivity contribution is 0.107. The van der Waals surface area contributed by atoms with Gasteiger partial charge in [-0.15, -0.1) is 0 Å². The fraction of sp³-hybridized carbons (Fsp3) is 0.515. The molecule has 0 amide bonds. The number of alkyl halides is 1. The van der Waals surface area contributed by atoms with Gasteiger partial charge in [-0.2, -0.15) is 9.97 Å². The number of aromatic nitrogens is 4. The molecule has 8 rings (SSSR count). The molecule has 4 fully saturated rings. The second-order valence-corrected chi connectivity index (χ2v) is 12.9. The molecule has 4 aromatic rings. The van der Waals surface area contributed by atoms with Crippen LogP contribution in [0.4, 0.5) is 14.6 Å². The van der Waals surface area contributed by atoms with Crippen LogP contribution in [-0.4, -0.2) is 69.3 Å². The predicted octanol–water partition coefficient (Wildman–Crippen LogP) is 6.13. The van der Waals surface area contributed by atoms with Gasteiger partial charge >= 0.3 is 6.01 Å². The topological polar surface area (TPSA) is 67.3 Å². The number of benzene rings is 1. The summed E-state index contributed by atoms with van der Waals surface area (Å²) in [6, 6.07) is 6.22. The van der Waals surface area contributed by atoms with Gasteiger partial charge < -0.3 is 9.64 Å². The summed E-state index contributed by atoms with van der Waals surface area (Å²) in [4.78, 5) is 23.2. The van der Waals surface area contributed by atoms with Crippen LogP contribution in [0.5, 0.6) is 6.01 Å². The quantitative estimate of drug-likeness (QED) is 0.276. The molecule has 42 heavy (non-hydrogen) atoms. The van der Waals surface area contributed by atoms with E-state index < -0.39 is 12.0 Å². The van der Waals surface area contributed by atoms with Crippen LogP contribution in [0.3, 0.4) is 0 Å². The zero-order chi connectivity index (χ0) is 28.4. The molecule has 0 radical (unpaired) electrons. The molecule has 7 nitrogen and oxygen atoms in total. The number of aryl methyl sites for hydroxylation is 1. The number of piperidine rings is 1. The Morgan fingerprint density at radius 2 is 1.93 bits per heavy atom. The number of rotatable bonds is 6. The van der Waals surface area contributed by atoms with E-state index in [0.717, 1.165) is 55.2 Å². The zero-order valence-electron chi connectivity index (χ0n) is 24.0. The fourth-order valence-corrected chi connectivity index (χ4v) is 8.33. The summed E-state index contributed by atoms with van der Waals surface area (Å²) in [6.45, 7) is 5.51. The molecule has 1 saturated carbocycles. The fourth-order valence-electron chi connectivity index (χ4n) is 8.33. The summed E-state index contributed by atoms with van der Waals surface area (Å²) in [7, 11) is 0. The average Bonchev–Trinajstić information content (AvgIpc) is 3.65. The largest absolute Gasteiger partial charge is 0.461 e. The van der Waals surface area contributed by atoms with Crippen LogP contribution >= 0.6 is 0 Å². The van der Waals surface area contributed by atoms with Gasteiger partial charge in [0.15, 0.2) is 5.82 Å². The molecule has 0 N–H and O–H groups in total. The molecule has 3 unspecified atom stereocenters. The van der Waals surface area contributed by atoms with Gasteiger partial charge in [-0.05, 0) is 67.9 Å². The van der Waals surface area contributed by atoms with Crippen molar-refractivity contribution in [1.29, 1.82) is 0 Å². The van der Waals surface area contributed by atoms with Gasteiger partial charge in [0.05, 0.1) is 10.9 Å². The molecule has 3 aliphatic heterocycles. The lowest BCUT2D eigenvalue weighted by Gasteiger charge is -2.34. The van der Waals surface area contributed by atoms with Crippen molar-refractivity contribution in [3.63, 3.8) is 0 Å². The molecule has 2 bridgehead atoms. The Morgan fingerprint density at radius 3 is 2.76 bits per heavy atom. The van der Waals surface area contributed by atoms with Crippen molar-refractivity contribution in [2.75, 3.05) is 37.7 Å². The monoisotopic (exact) mass is 570 g/mol. The highest BCUT2D eigenvalue weighted by atomic mass is 19.1. The molecule has 1 aromatic carbocycles. The van der Waals surface area contributed by atoms with E-state index >= 15 is 4.39 Å². The molecule has 3 saturated heterocycles. The van der Waals surface area contributed by atoms with Crippen LogP contribution in [0.15, 0.2) is 36.8 Å². The van der Waals surface area contributed by atoms with E-state index in [1.54, 1.807) is 12.4 Å². The minimum atomic E-state index is -0.848. The maximum Gasteiger partial charge on any atom is 0.319 e. The molecular weight excluding hydrogens is 534 g/mol. The van der Waals surface area contributed by atoms with Crippen LogP contribution in [-0.2, 0) is 6.42 Å². The molecule has 4 atom stereocenters. The maximum atomic E-state index is 16.7. The minimum absolute atomic E-state index is 0.153. The lowest BCUT2D eigenvalue weighted by Crippen LogP contribution is -2.43. The first-order chi connectivity index (χ1) is 20.5. The van der Waals surface area contributed by atoms with Crippen LogP contribution in [0.25, 0.3) is 32.9 Å². The Morgan fingerprint density at radius 1 is 1.07 bits per heavy atom. The Labute approximate surface area is 244 Å². The maximum absolute atomic E-state index is 16.7. The highest BCUT2D eigenvalue weighted by Gasteiger charge is 2.49. The van der Waals surface area contributed by atoms with Gasteiger partial charge in [0.1, 0.15) is 29.8 Å². The predicted molar refractivity (Wildman–Crippen MR) is 159 cm³/mol. The first kappa shape index (κ1) is 26.2. The van der Waals surface area contributed by atoms with E-state index in [-0.39, 0.29) is 22.8 Å². The molecule has 3 aromatic heterocycles. The number of pyridine rings is 2. The minimum Gasteiger partial charge on any atom is -0.461 e. The van der Waals surface area contributed by atoms with Gasteiger partial charge in [0.25, 0.3) is 0 Å². The number of ether oxygens (including phenoxy) is 1. The number of hydrogen-bond donors (Lipinski definition) is 0. The van der Waals surface area contributed by atoms with Crippen LogP contribution in [0.1, 0.15) is 51.0 Å². The average molecular weight is 571 g/mol. The van der Waals surface area contributed by atoms with Crippen LogP contribution in [0, 0.1) is 17.7 Å². The number of nitrogens with zero attached hydrogens (tertiary/aromatic N) is 6. The number of anilines is 1. The number of hydrogen-bond acceptors (Lipinski definition) is 7. The number of fused-ring (bicyclic) bond motifs is 5. The standard InChI is InChI=1S/C33H36F2N6O/c1-2-22-5-3-6-23-13-36-14-25(27(22)23)29-28(35)30-26(15-37-29)31(40-16-20-7-8-21(11-20)17-40)39-32(38-30)42-19-33-9-4-10-41(33)18-24(34)12-33/h3,5-6,13-15,20-21,24H,2,4,7-12,16-19H2,1H3/t20?,21?,24-,33?/m1/s1. The molecule has 1 aliphatic carbocycles. The van der Waals surface area contributed by atoms with Gasteiger partial charge in [-0.1, -0.05) is 25.1 Å². The third-order valence-electron chi connectivity index (χ3n) is 10.3. The summed E-state index contributed by atoms with van der Waals surface area (Å²) in [6.07, 6.45) is 11.3. The second kappa shape index (κ2) is 10.1. The van der Waals surface area contributed by atoms with Crippen LogP contribution < -0.4 is 9.64 Å². The van der Waals surface area contributed by atoms with Crippen molar-refractivity contribution in [1.82, 2.24) is 24.8 Å². The highest BCUT2D eigenvalue weighted by molar-refractivity contribution is 6.00. The van der Waals surface area contributed by atoms with Crippen molar-refractivity contribution in [3.05, 3.63) is 48.2 Å². The molecule has 6 heterocycles. The number of halogens is 2. The third kappa shape index (κ3) is 4.22. The zero-order valence-corrected chi connectivity index (χ0v) is 24.0. The van der Waals surface area contributed by atoms with E-state index in [0.29, 0.717) is 48.2 Å². The normalized spacial score (nSPS) is 27.3. The van der Waals surface area contributed by atoms with Gasteiger partial charge in [-0.25, -0.2) is 8.78 Å². The van der Waals surface area contributed by atoms with Crippen molar-refractivity contribution in [3.8, 4) is 17.3 Å². The summed E-state index contributed by atoms with van der Waals surface area (Å²) < 4.78 is 37.4. The SMILES string of the molecule is CCc1cccc2cncc(-c3ncc4c(N5CC6CCC(C6)C5)nc(OCC56CCCN5C[C@H](F)C6)nc4c3F)c12.